The molecule has 5 heteroatoms. The first-order valence-electron chi connectivity index (χ1n) is 6.18. The summed E-state index contributed by atoms with van der Waals surface area (Å²) in [6, 6.07) is 0. The zero-order valence-electron chi connectivity index (χ0n) is 9.93. The number of fused-ring (bicyclic) bond motifs is 1. The maximum atomic E-state index is 5.68. The number of thiocarbonyl (C=S) groups is 1. The Balaban J connectivity index is 1.62. The Morgan fingerprint density at radius 3 is 3.00 bits per heavy atom. The molecular weight excluding hydrogens is 232 g/mol. The fraction of sp³-hybridized carbons (Fsp3) is 0.667. The second kappa shape index (κ2) is 4.07. The van der Waals surface area contributed by atoms with E-state index in [1.54, 1.807) is 0 Å². The quantitative estimate of drug-likeness (QED) is 0.815. The molecule has 1 aromatic heterocycles. The van der Waals surface area contributed by atoms with Gasteiger partial charge in [-0.05, 0) is 18.3 Å². The van der Waals surface area contributed by atoms with Crippen LogP contribution in [0.4, 0.5) is 0 Å². The van der Waals surface area contributed by atoms with Gasteiger partial charge in [0.15, 0.2) is 0 Å². The summed E-state index contributed by atoms with van der Waals surface area (Å²) >= 11 is 5.04. The summed E-state index contributed by atoms with van der Waals surface area (Å²) in [5, 5.41) is 0. The number of aromatic nitrogens is 2. The molecule has 92 valence electrons. The summed E-state index contributed by atoms with van der Waals surface area (Å²) in [5.74, 6) is 1.18. The Morgan fingerprint density at radius 1 is 1.47 bits per heavy atom. The Hall–Kier alpha value is -0.940. The molecule has 17 heavy (non-hydrogen) atoms. The average molecular weight is 250 g/mol. The molecule has 4 nitrogen and oxygen atoms in total. The van der Waals surface area contributed by atoms with Crippen molar-refractivity contribution in [3.63, 3.8) is 0 Å². The lowest BCUT2D eigenvalue weighted by molar-refractivity contribution is 0.178. The SMILES string of the molecule is NC(=S)CC1(CN2CCn3ccnc3C2)CC1. The van der Waals surface area contributed by atoms with Gasteiger partial charge in [-0.15, -0.1) is 0 Å². The maximum absolute atomic E-state index is 5.68. The summed E-state index contributed by atoms with van der Waals surface area (Å²) in [6.45, 7) is 4.25. The molecule has 1 aliphatic carbocycles. The van der Waals surface area contributed by atoms with Crippen molar-refractivity contribution in [1.82, 2.24) is 14.5 Å². The van der Waals surface area contributed by atoms with Crippen LogP contribution < -0.4 is 5.73 Å². The second-order valence-corrected chi connectivity index (χ2v) is 5.91. The van der Waals surface area contributed by atoms with E-state index >= 15 is 0 Å². The number of hydrogen-bond donors (Lipinski definition) is 1. The van der Waals surface area contributed by atoms with Crippen LogP contribution >= 0.6 is 12.2 Å². The average Bonchev–Trinajstić information content (AvgIpc) is 2.85. The lowest BCUT2D eigenvalue weighted by Crippen LogP contribution is -2.38. The Morgan fingerprint density at radius 2 is 2.29 bits per heavy atom. The number of rotatable bonds is 4. The first kappa shape index (κ1) is 11.2. The van der Waals surface area contributed by atoms with Gasteiger partial charge in [0.25, 0.3) is 0 Å². The van der Waals surface area contributed by atoms with Crippen molar-refractivity contribution < 1.29 is 0 Å². The van der Waals surface area contributed by atoms with Crippen LogP contribution in [0.3, 0.4) is 0 Å². The molecule has 0 amide bonds. The van der Waals surface area contributed by atoms with Crippen LogP contribution in [0.2, 0.25) is 0 Å². The molecule has 2 heterocycles. The number of nitrogens with zero attached hydrogens (tertiary/aromatic N) is 3. The van der Waals surface area contributed by atoms with Gasteiger partial charge in [-0.25, -0.2) is 4.98 Å². The highest BCUT2D eigenvalue weighted by atomic mass is 32.1. The Labute approximate surface area is 107 Å². The first-order valence-corrected chi connectivity index (χ1v) is 6.58. The largest absolute Gasteiger partial charge is 0.393 e. The van der Waals surface area contributed by atoms with Crippen LogP contribution in [0.15, 0.2) is 12.4 Å². The minimum atomic E-state index is 0.389. The topological polar surface area (TPSA) is 47.1 Å². The molecule has 0 radical (unpaired) electrons. The smallest absolute Gasteiger partial charge is 0.122 e. The molecule has 2 aliphatic rings. The van der Waals surface area contributed by atoms with Crippen LogP contribution in [0.25, 0.3) is 0 Å². The zero-order chi connectivity index (χ0) is 11.9. The van der Waals surface area contributed by atoms with E-state index in [0.29, 0.717) is 10.4 Å². The summed E-state index contributed by atoms with van der Waals surface area (Å²) in [4.78, 5) is 7.55. The van der Waals surface area contributed by atoms with Gasteiger partial charge in [-0.3, -0.25) is 4.90 Å². The van der Waals surface area contributed by atoms with Crippen LogP contribution in [0.1, 0.15) is 25.1 Å². The molecule has 0 spiro atoms. The minimum Gasteiger partial charge on any atom is -0.393 e. The predicted octanol–water partition coefficient (Wildman–Crippen LogP) is 1.16. The van der Waals surface area contributed by atoms with E-state index in [0.717, 1.165) is 32.6 Å². The number of nitrogens with two attached hydrogens (primary N) is 1. The van der Waals surface area contributed by atoms with E-state index < -0.39 is 0 Å². The summed E-state index contributed by atoms with van der Waals surface area (Å²) in [7, 11) is 0. The molecule has 0 saturated heterocycles. The van der Waals surface area contributed by atoms with Gasteiger partial charge in [-0.2, -0.15) is 0 Å². The van der Waals surface area contributed by atoms with Gasteiger partial charge in [0.2, 0.25) is 0 Å². The van der Waals surface area contributed by atoms with Crippen molar-refractivity contribution in [2.24, 2.45) is 11.1 Å². The third-order valence-electron chi connectivity index (χ3n) is 3.89. The molecule has 1 saturated carbocycles. The van der Waals surface area contributed by atoms with Crippen molar-refractivity contribution in [1.29, 1.82) is 0 Å². The van der Waals surface area contributed by atoms with Gasteiger partial charge in [-0.1, -0.05) is 12.2 Å². The monoisotopic (exact) mass is 250 g/mol. The van der Waals surface area contributed by atoms with Gasteiger partial charge < -0.3 is 10.3 Å². The van der Waals surface area contributed by atoms with Crippen LogP contribution in [-0.2, 0) is 13.1 Å². The molecule has 0 aromatic carbocycles. The van der Waals surface area contributed by atoms with Gasteiger partial charge >= 0.3 is 0 Å². The van der Waals surface area contributed by atoms with Crippen LogP contribution in [0.5, 0.6) is 0 Å². The number of imidazole rings is 1. The van der Waals surface area contributed by atoms with Crippen molar-refractivity contribution >= 4 is 17.2 Å². The van der Waals surface area contributed by atoms with E-state index in [2.05, 4.69) is 20.6 Å². The normalized spacial score (nSPS) is 22.1. The molecular formula is C12H18N4S. The van der Waals surface area contributed by atoms with Crippen molar-refractivity contribution in [3.8, 4) is 0 Å². The van der Waals surface area contributed by atoms with E-state index in [-0.39, 0.29) is 0 Å². The summed E-state index contributed by atoms with van der Waals surface area (Å²) in [5.41, 5.74) is 6.07. The van der Waals surface area contributed by atoms with Gasteiger partial charge in [0, 0.05) is 38.4 Å². The fourth-order valence-electron chi connectivity index (χ4n) is 2.77. The third kappa shape index (κ3) is 2.35. The van der Waals surface area contributed by atoms with Crippen molar-refractivity contribution in [3.05, 3.63) is 18.2 Å². The van der Waals surface area contributed by atoms with E-state index in [9.17, 15) is 0 Å². The predicted molar refractivity (Wildman–Crippen MR) is 70.6 cm³/mol. The van der Waals surface area contributed by atoms with Gasteiger partial charge in [0.05, 0.1) is 11.5 Å². The molecule has 1 aliphatic heterocycles. The van der Waals surface area contributed by atoms with E-state index in [1.807, 2.05) is 6.20 Å². The fourth-order valence-corrected chi connectivity index (χ4v) is 3.08. The molecule has 2 N–H and O–H groups in total. The highest BCUT2D eigenvalue weighted by Gasteiger charge is 2.44. The third-order valence-corrected chi connectivity index (χ3v) is 4.03. The summed E-state index contributed by atoms with van der Waals surface area (Å²) in [6.07, 6.45) is 7.41. The van der Waals surface area contributed by atoms with Crippen molar-refractivity contribution in [2.75, 3.05) is 13.1 Å². The maximum Gasteiger partial charge on any atom is 0.122 e. The lowest BCUT2D eigenvalue weighted by Gasteiger charge is -2.31. The molecule has 1 fully saturated rings. The highest BCUT2D eigenvalue weighted by molar-refractivity contribution is 7.80. The minimum absolute atomic E-state index is 0.389. The van der Waals surface area contributed by atoms with Gasteiger partial charge in [0.1, 0.15) is 5.82 Å². The molecule has 3 rings (SSSR count). The zero-order valence-corrected chi connectivity index (χ0v) is 10.7. The molecule has 0 bridgehead atoms. The number of hydrogen-bond acceptors (Lipinski definition) is 3. The van der Waals surface area contributed by atoms with Crippen molar-refractivity contribution in [2.45, 2.75) is 32.4 Å². The second-order valence-electron chi connectivity index (χ2n) is 5.39. The molecule has 0 atom stereocenters. The lowest BCUT2D eigenvalue weighted by atomic mass is 10.0. The standard InChI is InChI=1S/C12H18N4S/c13-10(17)7-12(1-2-12)9-15-5-6-16-4-3-14-11(16)8-15/h3-4H,1-2,5-9H2,(H2,13,17). The first-order chi connectivity index (χ1) is 8.17. The van der Waals surface area contributed by atoms with Crippen LogP contribution in [0, 0.1) is 5.41 Å². The van der Waals surface area contributed by atoms with Crippen LogP contribution in [-0.4, -0.2) is 32.5 Å². The Bertz CT molecular complexity index is 435. The highest BCUT2D eigenvalue weighted by Crippen LogP contribution is 2.49. The molecule has 1 aromatic rings. The summed E-state index contributed by atoms with van der Waals surface area (Å²) < 4.78 is 2.24. The van der Waals surface area contributed by atoms with E-state index in [4.69, 9.17) is 18.0 Å². The van der Waals surface area contributed by atoms with E-state index in [1.165, 1.54) is 18.7 Å². The molecule has 0 unspecified atom stereocenters. The Kier molecular flexibility index (Phi) is 2.67.